The molecule has 0 atom stereocenters. The summed E-state index contributed by atoms with van der Waals surface area (Å²) < 4.78 is 7.05. The Hall–Kier alpha value is -2.12. The van der Waals surface area contributed by atoms with Crippen molar-refractivity contribution in [1.82, 2.24) is 9.88 Å². The highest BCUT2D eigenvalue weighted by Gasteiger charge is 2.13. The van der Waals surface area contributed by atoms with Crippen LogP contribution in [0.5, 0.6) is 5.75 Å². The molecule has 0 saturated heterocycles. The Labute approximate surface area is 214 Å². The van der Waals surface area contributed by atoms with Gasteiger partial charge in [0, 0.05) is 18.1 Å². The Balaban J connectivity index is 1.36. The standard InChI is InChI=1S/C26H28Cl2N2O3S/c27-20-8-10-22-24(17-20)34-26(29-22)19-5-2-1-3-11-30(12-4-6-19)13-14-33-23-15-18(16-25(31)32)7-9-21(23)28/h6-10,15,17H,1-5,11-14,16H2,(H,31,32)/b19-6+. The summed E-state index contributed by atoms with van der Waals surface area (Å²) in [5.74, 6) is -0.331. The van der Waals surface area contributed by atoms with Crippen LogP contribution in [0.25, 0.3) is 15.8 Å². The molecule has 1 aliphatic heterocycles. The van der Waals surface area contributed by atoms with Gasteiger partial charge >= 0.3 is 5.97 Å². The van der Waals surface area contributed by atoms with E-state index in [0.29, 0.717) is 22.9 Å². The molecule has 1 aliphatic rings. The molecular weight excluding hydrogens is 491 g/mol. The molecule has 0 bridgehead atoms. The van der Waals surface area contributed by atoms with Crippen molar-refractivity contribution in [2.24, 2.45) is 0 Å². The number of fused-ring (bicyclic) bond motifs is 1. The molecule has 4 rings (SSSR count). The maximum absolute atomic E-state index is 11.0. The van der Waals surface area contributed by atoms with E-state index in [9.17, 15) is 4.79 Å². The van der Waals surface area contributed by atoms with Gasteiger partial charge in [-0.2, -0.15) is 0 Å². The maximum atomic E-state index is 11.0. The van der Waals surface area contributed by atoms with Crippen molar-refractivity contribution in [3.63, 3.8) is 0 Å². The summed E-state index contributed by atoms with van der Waals surface area (Å²) in [7, 11) is 0. The Kier molecular flexibility index (Phi) is 8.84. The van der Waals surface area contributed by atoms with Crippen molar-refractivity contribution < 1.29 is 14.6 Å². The van der Waals surface area contributed by atoms with Crippen LogP contribution >= 0.6 is 34.5 Å². The SMILES string of the molecule is O=C(O)Cc1ccc(Cl)c(OCCN2CC/C=C(/c3nc4ccc(Cl)cc4s3)CCCCC2)c1. The largest absolute Gasteiger partial charge is 0.491 e. The Bertz CT molecular complexity index is 1180. The van der Waals surface area contributed by atoms with Crippen LogP contribution in [0.15, 0.2) is 42.5 Å². The molecule has 1 N–H and O–H groups in total. The number of carbonyl (C=O) groups is 1. The lowest BCUT2D eigenvalue weighted by atomic mass is 10.0. The minimum atomic E-state index is -0.872. The first-order valence-corrected chi connectivity index (χ1v) is 13.2. The van der Waals surface area contributed by atoms with Gasteiger partial charge in [-0.15, -0.1) is 11.3 Å². The summed E-state index contributed by atoms with van der Waals surface area (Å²) in [5, 5.41) is 11.4. The van der Waals surface area contributed by atoms with Crippen molar-refractivity contribution in [2.75, 3.05) is 26.2 Å². The highest BCUT2D eigenvalue weighted by atomic mass is 35.5. The summed E-state index contributed by atoms with van der Waals surface area (Å²) in [4.78, 5) is 18.2. The summed E-state index contributed by atoms with van der Waals surface area (Å²) in [5.41, 5.74) is 3.02. The molecule has 2 heterocycles. The predicted molar refractivity (Wildman–Crippen MR) is 140 cm³/mol. The van der Waals surface area contributed by atoms with Crippen LogP contribution in [-0.4, -0.2) is 47.2 Å². The summed E-state index contributed by atoms with van der Waals surface area (Å²) in [6, 6.07) is 11.0. The van der Waals surface area contributed by atoms with Crippen LogP contribution < -0.4 is 4.74 Å². The number of rotatable bonds is 7. The number of benzene rings is 2. The third-order valence-corrected chi connectivity index (χ3v) is 7.54. The number of thiazole rings is 1. The third-order valence-electron chi connectivity index (χ3n) is 5.90. The molecule has 1 aromatic heterocycles. The minimum Gasteiger partial charge on any atom is -0.491 e. The molecule has 180 valence electrons. The fourth-order valence-electron chi connectivity index (χ4n) is 4.14. The third kappa shape index (κ3) is 6.95. The molecule has 5 nitrogen and oxygen atoms in total. The Morgan fingerprint density at radius 3 is 2.85 bits per heavy atom. The molecule has 0 radical (unpaired) electrons. The van der Waals surface area contributed by atoms with E-state index in [1.165, 1.54) is 12.0 Å². The summed E-state index contributed by atoms with van der Waals surface area (Å²) in [6.45, 7) is 3.29. The molecule has 0 saturated carbocycles. The zero-order valence-corrected chi connectivity index (χ0v) is 21.3. The average Bonchev–Trinajstić information content (AvgIpc) is 3.22. The van der Waals surface area contributed by atoms with Crippen LogP contribution in [0.3, 0.4) is 0 Å². The zero-order chi connectivity index (χ0) is 23.9. The summed E-state index contributed by atoms with van der Waals surface area (Å²) in [6.07, 6.45) is 7.79. The van der Waals surface area contributed by atoms with Crippen molar-refractivity contribution in [1.29, 1.82) is 0 Å². The molecule has 8 heteroatoms. The highest BCUT2D eigenvalue weighted by Crippen LogP contribution is 2.32. The fraction of sp³-hybridized carbons (Fsp3) is 0.385. The zero-order valence-electron chi connectivity index (χ0n) is 18.9. The number of ether oxygens (including phenoxy) is 1. The monoisotopic (exact) mass is 518 g/mol. The van der Waals surface area contributed by atoms with Gasteiger partial charge < -0.3 is 9.84 Å². The Morgan fingerprint density at radius 1 is 1.12 bits per heavy atom. The van der Waals surface area contributed by atoms with Crippen LogP contribution in [0.4, 0.5) is 0 Å². The minimum absolute atomic E-state index is 0.0456. The number of hydrogen-bond donors (Lipinski definition) is 1. The van der Waals surface area contributed by atoms with Crippen LogP contribution in [0.1, 0.15) is 42.7 Å². The van der Waals surface area contributed by atoms with Gasteiger partial charge in [-0.3, -0.25) is 9.69 Å². The number of halogens is 2. The Morgan fingerprint density at radius 2 is 2.00 bits per heavy atom. The number of carboxylic acids is 1. The van der Waals surface area contributed by atoms with Gasteiger partial charge in [-0.25, -0.2) is 4.98 Å². The quantitative estimate of drug-likeness (QED) is 0.366. The van der Waals surface area contributed by atoms with Gasteiger partial charge in [0.2, 0.25) is 0 Å². The van der Waals surface area contributed by atoms with E-state index in [0.717, 1.165) is 65.6 Å². The number of allylic oxidation sites excluding steroid dienone is 1. The maximum Gasteiger partial charge on any atom is 0.307 e. The second-order valence-corrected chi connectivity index (χ2v) is 10.4. The van der Waals surface area contributed by atoms with Crippen molar-refractivity contribution in [2.45, 2.75) is 38.5 Å². The molecule has 0 amide bonds. The van der Waals surface area contributed by atoms with Gasteiger partial charge in [-0.1, -0.05) is 41.8 Å². The van der Waals surface area contributed by atoms with Gasteiger partial charge in [-0.05, 0) is 73.7 Å². The molecular formula is C26H28Cl2N2O3S. The van der Waals surface area contributed by atoms with E-state index in [4.69, 9.17) is 38.0 Å². The lowest BCUT2D eigenvalue weighted by Gasteiger charge is -2.23. The van der Waals surface area contributed by atoms with E-state index in [1.54, 1.807) is 29.5 Å². The molecule has 0 fully saturated rings. The number of carboxylic acid groups (broad SMARTS) is 1. The van der Waals surface area contributed by atoms with E-state index < -0.39 is 5.97 Å². The van der Waals surface area contributed by atoms with Crippen molar-refractivity contribution >= 4 is 56.3 Å². The van der Waals surface area contributed by atoms with Crippen molar-refractivity contribution in [3.8, 4) is 5.75 Å². The highest BCUT2D eigenvalue weighted by molar-refractivity contribution is 7.19. The molecule has 3 aromatic rings. The normalized spacial score (nSPS) is 17.3. The number of aromatic nitrogens is 1. The molecule has 0 unspecified atom stereocenters. The molecule has 2 aromatic carbocycles. The lowest BCUT2D eigenvalue weighted by molar-refractivity contribution is -0.136. The predicted octanol–water partition coefficient (Wildman–Crippen LogP) is 6.96. The van der Waals surface area contributed by atoms with Gasteiger partial charge in [0.05, 0.1) is 21.7 Å². The molecule has 34 heavy (non-hydrogen) atoms. The topological polar surface area (TPSA) is 62.7 Å². The van der Waals surface area contributed by atoms with E-state index in [-0.39, 0.29) is 6.42 Å². The first kappa shape index (κ1) is 25.0. The second-order valence-electron chi connectivity index (χ2n) is 8.49. The average molecular weight is 519 g/mol. The number of aliphatic carboxylic acids is 1. The van der Waals surface area contributed by atoms with E-state index in [1.807, 2.05) is 18.2 Å². The lowest BCUT2D eigenvalue weighted by Crippen LogP contribution is -2.30. The first-order valence-electron chi connectivity index (χ1n) is 11.6. The number of hydrogen-bond acceptors (Lipinski definition) is 5. The van der Waals surface area contributed by atoms with Gasteiger partial charge in [0.25, 0.3) is 0 Å². The second kappa shape index (κ2) is 12.0. The van der Waals surface area contributed by atoms with Crippen molar-refractivity contribution in [3.05, 3.63) is 63.1 Å². The van der Waals surface area contributed by atoms with E-state index in [2.05, 4.69) is 11.0 Å². The van der Waals surface area contributed by atoms with Crippen LogP contribution in [0, 0.1) is 0 Å². The van der Waals surface area contributed by atoms with E-state index >= 15 is 0 Å². The van der Waals surface area contributed by atoms with Crippen LogP contribution in [-0.2, 0) is 11.2 Å². The van der Waals surface area contributed by atoms with Crippen LogP contribution in [0.2, 0.25) is 10.0 Å². The summed E-state index contributed by atoms with van der Waals surface area (Å²) >= 11 is 14.1. The smallest absolute Gasteiger partial charge is 0.307 e. The van der Waals surface area contributed by atoms with Gasteiger partial charge in [0.15, 0.2) is 0 Å². The fourth-order valence-corrected chi connectivity index (χ4v) is 5.63. The molecule has 0 spiro atoms. The first-order chi connectivity index (χ1) is 16.5. The van der Waals surface area contributed by atoms with Gasteiger partial charge in [0.1, 0.15) is 17.4 Å². The number of nitrogens with zero attached hydrogens (tertiary/aromatic N) is 2. The molecule has 0 aliphatic carbocycles.